The van der Waals surface area contributed by atoms with Gasteiger partial charge in [-0.05, 0) is 37.5 Å². The smallest absolute Gasteiger partial charge is 0.158 e. The molecule has 0 saturated carbocycles. The Balaban J connectivity index is 1.99. The summed E-state index contributed by atoms with van der Waals surface area (Å²) in [6.07, 6.45) is 3.63. The predicted molar refractivity (Wildman–Crippen MR) is 101 cm³/mol. The van der Waals surface area contributed by atoms with Crippen LogP contribution in [-0.2, 0) is 0 Å². The van der Waals surface area contributed by atoms with E-state index in [1.165, 1.54) is 19.3 Å². The van der Waals surface area contributed by atoms with E-state index in [0.717, 1.165) is 46.4 Å². The number of hydrogen-bond donors (Lipinski definition) is 0. The van der Waals surface area contributed by atoms with Gasteiger partial charge in [0.1, 0.15) is 11.6 Å². The molecule has 2 aromatic carbocycles. The molecule has 4 heteroatoms. The van der Waals surface area contributed by atoms with Crippen molar-refractivity contribution in [1.29, 1.82) is 5.26 Å². The molecule has 2 aromatic heterocycles. The number of imidazole rings is 1. The number of pyridine rings is 1. The fourth-order valence-corrected chi connectivity index (χ4v) is 4.10. The minimum absolute atomic E-state index is 0.691. The summed E-state index contributed by atoms with van der Waals surface area (Å²) in [5.41, 5.74) is 5.61. The number of nitriles is 1. The van der Waals surface area contributed by atoms with E-state index in [-0.39, 0.29) is 0 Å². The van der Waals surface area contributed by atoms with E-state index in [1.54, 1.807) is 0 Å². The maximum Gasteiger partial charge on any atom is 0.158 e. The number of hydrogen-bond acceptors (Lipinski definition) is 3. The lowest BCUT2D eigenvalue weighted by Gasteiger charge is -2.31. The van der Waals surface area contributed by atoms with Crippen LogP contribution in [0.3, 0.4) is 0 Å². The van der Waals surface area contributed by atoms with Crippen LogP contribution in [0, 0.1) is 11.3 Å². The minimum Gasteiger partial charge on any atom is -0.370 e. The largest absolute Gasteiger partial charge is 0.370 e. The van der Waals surface area contributed by atoms with E-state index < -0.39 is 0 Å². The van der Waals surface area contributed by atoms with Crippen molar-refractivity contribution in [3.8, 4) is 6.07 Å². The van der Waals surface area contributed by atoms with Gasteiger partial charge in [-0.25, -0.2) is 4.98 Å². The lowest BCUT2D eigenvalue weighted by atomic mass is 10.0. The van der Waals surface area contributed by atoms with Gasteiger partial charge in [0.2, 0.25) is 0 Å². The molecule has 0 amide bonds. The Morgan fingerprint density at radius 2 is 1.60 bits per heavy atom. The van der Waals surface area contributed by atoms with Crippen molar-refractivity contribution in [3.05, 3.63) is 54.1 Å². The van der Waals surface area contributed by atoms with Gasteiger partial charge in [0, 0.05) is 18.5 Å². The number of piperidine rings is 1. The van der Waals surface area contributed by atoms with E-state index in [2.05, 4.69) is 45.7 Å². The second-order valence-electron chi connectivity index (χ2n) is 6.66. The Labute approximate surface area is 145 Å². The van der Waals surface area contributed by atoms with Crippen molar-refractivity contribution in [3.63, 3.8) is 0 Å². The molecule has 1 fully saturated rings. The van der Waals surface area contributed by atoms with Gasteiger partial charge in [0.15, 0.2) is 5.65 Å². The van der Waals surface area contributed by atoms with Crippen molar-refractivity contribution in [2.24, 2.45) is 0 Å². The molecule has 1 aliphatic heterocycles. The molecule has 0 aliphatic carbocycles. The third kappa shape index (κ3) is 2.02. The standard InChI is InChI=1S/C21H18N4/c22-14-16-20(24-12-6-1-7-13-24)15-8-2-4-10-18(15)25-19-11-5-3-9-17(19)23-21(16)25/h2-5,8-11H,1,6-7,12-13H2. The fourth-order valence-electron chi connectivity index (χ4n) is 4.10. The molecule has 0 atom stereocenters. The predicted octanol–water partition coefficient (Wildman–Crippen LogP) is 4.50. The number of nitrogens with zero attached hydrogens (tertiary/aromatic N) is 4. The number of benzene rings is 2. The average molecular weight is 326 g/mol. The molecule has 3 heterocycles. The molecule has 4 nitrogen and oxygen atoms in total. The van der Waals surface area contributed by atoms with Crippen LogP contribution >= 0.6 is 0 Å². The molecule has 0 radical (unpaired) electrons. The van der Waals surface area contributed by atoms with Gasteiger partial charge < -0.3 is 4.90 Å². The summed E-state index contributed by atoms with van der Waals surface area (Å²) < 4.78 is 2.14. The summed E-state index contributed by atoms with van der Waals surface area (Å²) in [6, 6.07) is 18.9. The SMILES string of the molecule is N#Cc1c(N2CCCCC2)c2ccccc2n2c1nc1ccccc12. The molecule has 1 aliphatic rings. The quantitative estimate of drug-likeness (QED) is 0.517. The van der Waals surface area contributed by atoms with E-state index in [0.29, 0.717) is 5.56 Å². The summed E-state index contributed by atoms with van der Waals surface area (Å²) >= 11 is 0. The average Bonchev–Trinajstić information content (AvgIpc) is 3.07. The molecule has 1 saturated heterocycles. The molecule has 0 spiro atoms. The van der Waals surface area contributed by atoms with Crippen LogP contribution in [0.25, 0.3) is 27.6 Å². The Morgan fingerprint density at radius 3 is 2.40 bits per heavy atom. The highest BCUT2D eigenvalue weighted by Gasteiger charge is 2.23. The molecular formula is C21H18N4. The Hall–Kier alpha value is -3.06. The lowest BCUT2D eigenvalue weighted by Crippen LogP contribution is -2.30. The molecule has 25 heavy (non-hydrogen) atoms. The van der Waals surface area contributed by atoms with Gasteiger partial charge in [-0.1, -0.05) is 30.3 Å². The number of rotatable bonds is 1. The monoisotopic (exact) mass is 326 g/mol. The Bertz CT molecular complexity index is 1140. The second kappa shape index (κ2) is 5.49. The summed E-state index contributed by atoms with van der Waals surface area (Å²) in [5.74, 6) is 0. The van der Waals surface area contributed by atoms with Crippen molar-refractivity contribution < 1.29 is 0 Å². The van der Waals surface area contributed by atoms with Crippen LogP contribution in [-0.4, -0.2) is 22.5 Å². The number of fused-ring (bicyclic) bond motifs is 5. The van der Waals surface area contributed by atoms with Gasteiger partial charge >= 0.3 is 0 Å². The molecule has 5 rings (SSSR count). The first-order valence-corrected chi connectivity index (χ1v) is 8.85. The molecule has 4 aromatic rings. The van der Waals surface area contributed by atoms with Crippen LogP contribution in [0.5, 0.6) is 0 Å². The molecule has 0 bridgehead atoms. The normalized spacial score (nSPS) is 15.1. The highest BCUT2D eigenvalue weighted by atomic mass is 15.1. The Kier molecular flexibility index (Phi) is 3.14. The number of anilines is 1. The van der Waals surface area contributed by atoms with Crippen molar-refractivity contribution in [2.45, 2.75) is 19.3 Å². The first kappa shape index (κ1) is 14.3. The van der Waals surface area contributed by atoms with Gasteiger partial charge in [0.25, 0.3) is 0 Å². The molecular weight excluding hydrogens is 308 g/mol. The topological polar surface area (TPSA) is 44.3 Å². The van der Waals surface area contributed by atoms with Crippen LogP contribution < -0.4 is 4.90 Å². The highest BCUT2D eigenvalue weighted by Crippen LogP contribution is 2.36. The van der Waals surface area contributed by atoms with Crippen LogP contribution in [0.2, 0.25) is 0 Å². The zero-order valence-corrected chi connectivity index (χ0v) is 13.9. The lowest BCUT2D eigenvalue weighted by molar-refractivity contribution is 0.578. The second-order valence-corrected chi connectivity index (χ2v) is 6.66. The minimum atomic E-state index is 0.691. The first-order valence-electron chi connectivity index (χ1n) is 8.85. The van der Waals surface area contributed by atoms with Crippen LogP contribution in [0.15, 0.2) is 48.5 Å². The van der Waals surface area contributed by atoms with Gasteiger partial charge in [-0.3, -0.25) is 4.40 Å². The van der Waals surface area contributed by atoms with Crippen molar-refractivity contribution in [1.82, 2.24) is 9.38 Å². The van der Waals surface area contributed by atoms with Crippen LogP contribution in [0.1, 0.15) is 24.8 Å². The Morgan fingerprint density at radius 1 is 0.880 bits per heavy atom. The highest BCUT2D eigenvalue weighted by molar-refractivity contribution is 6.02. The summed E-state index contributed by atoms with van der Waals surface area (Å²) in [5, 5.41) is 11.1. The number of para-hydroxylation sites is 3. The third-order valence-corrected chi connectivity index (χ3v) is 5.21. The van der Waals surface area contributed by atoms with E-state index in [9.17, 15) is 5.26 Å². The van der Waals surface area contributed by atoms with E-state index in [4.69, 9.17) is 4.98 Å². The summed E-state index contributed by atoms with van der Waals surface area (Å²) in [4.78, 5) is 7.18. The first-order chi connectivity index (χ1) is 12.4. The summed E-state index contributed by atoms with van der Waals surface area (Å²) in [6.45, 7) is 2.02. The number of aromatic nitrogens is 2. The van der Waals surface area contributed by atoms with Crippen molar-refractivity contribution >= 4 is 33.3 Å². The molecule has 0 N–H and O–H groups in total. The molecule has 0 unspecified atom stereocenters. The maximum atomic E-state index is 10.0. The molecule has 122 valence electrons. The summed E-state index contributed by atoms with van der Waals surface area (Å²) in [7, 11) is 0. The maximum absolute atomic E-state index is 10.0. The fraction of sp³-hybridized carbons (Fsp3) is 0.238. The van der Waals surface area contributed by atoms with Gasteiger partial charge in [-0.2, -0.15) is 5.26 Å². The van der Waals surface area contributed by atoms with Gasteiger partial charge in [-0.15, -0.1) is 0 Å². The van der Waals surface area contributed by atoms with E-state index >= 15 is 0 Å². The van der Waals surface area contributed by atoms with Crippen LogP contribution in [0.4, 0.5) is 5.69 Å². The van der Waals surface area contributed by atoms with Gasteiger partial charge in [0.05, 0.1) is 22.2 Å². The third-order valence-electron chi connectivity index (χ3n) is 5.21. The zero-order chi connectivity index (χ0) is 16.8. The van der Waals surface area contributed by atoms with E-state index in [1.807, 2.05) is 18.2 Å². The van der Waals surface area contributed by atoms with Crippen molar-refractivity contribution in [2.75, 3.05) is 18.0 Å². The zero-order valence-electron chi connectivity index (χ0n) is 13.9.